The molecule has 3 aromatic rings. The smallest absolute Gasteiger partial charge is 0.310 e. The molecule has 0 bridgehead atoms. The van der Waals surface area contributed by atoms with Crippen molar-refractivity contribution in [2.75, 3.05) is 11.5 Å². The third-order valence-corrected chi connectivity index (χ3v) is 5.54. The van der Waals surface area contributed by atoms with Crippen molar-refractivity contribution in [3.8, 4) is 17.3 Å². The predicted octanol–water partition coefficient (Wildman–Crippen LogP) is 2.58. The maximum absolute atomic E-state index is 12.0. The van der Waals surface area contributed by atoms with Gasteiger partial charge < -0.3 is 13.2 Å². The molecule has 0 atom stereocenters. The SMILES string of the molecule is Cn1c(SCCS(=O)(=O)Oc2ccccc2)nnc1-c1ccco1. The molecular weight excluding hydrogens is 350 g/mol. The Morgan fingerprint density at radius 3 is 2.67 bits per heavy atom. The second-order valence-electron chi connectivity index (χ2n) is 4.85. The number of furan rings is 1. The van der Waals surface area contributed by atoms with Crippen LogP contribution in [0, 0.1) is 0 Å². The van der Waals surface area contributed by atoms with Crippen molar-refractivity contribution in [1.82, 2.24) is 14.8 Å². The Labute approximate surface area is 143 Å². The summed E-state index contributed by atoms with van der Waals surface area (Å²) in [4.78, 5) is 0. The van der Waals surface area contributed by atoms with Crippen LogP contribution in [0.25, 0.3) is 11.6 Å². The largest absolute Gasteiger partial charge is 0.461 e. The summed E-state index contributed by atoms with van der Waals surface area (Å²) in [5, 5.41) is 8.72. The molecule has 0 aliphatic rings. The van der Waals surface area contributed by atoms with Crippen molar-refractivity contribution in [2.24, 2.45) is 7.05 Å². The number of nitrogens with zero attached hydrogens (tertiary/aromatic N) is 3. The van der Waals surface area contributed by atoms with Gasteiger partial charge in [-0.3, -0.25) is 0 Å². The minimum Gasteiger partial charge on any atom is -0.461 e. The van der Waals surface area contributed by atoms with Crippen LogP contribution in [-0.4, -0.2) is 34.7 Å². The topological polar surface area (TPSA) is 87.2 Å². The molecule has 0 saturated carbocycles. The van der Waals surface area contributed by atoms with Gasteiger partial charge in [-0.2, -0.15) is 8.42 Å². The van der Waals surface area contributed by atoms with Gasteiger partial charge in [0, 0.05) is 12.8 Å². The summed E-state index contributed by atoms with van der Waals surface area (Å²) < 4.78 is 36.0. The quantitative estimate of drug-likeness (QED) is 0.470. The van der Waals surface area contributed by atoms with Gasteiger partial charge in [0.25, 0.3) is 0 Å². The van der Waals surface area contributed by atoms with Crippen LogP contribution < -0.4 is 4.18 Å². The van der Waals surface area contributed by atoms with Gasteiger partial charge in [-0.05, 0) is 24.3 Å². The molecule has 24 heavy (non-hydrogen) atoms. The van der Waals surface area contributed by atoms with Crippen LogP contribution in [0.3, 0.4) is 0 Å². The summed E-state index contributed by atoms with van der Waals surface area (Å²) in [7, 11) is -1.85. The molecule has 0 saturated heterocycles. The lowest BCUT2D eigenvalue weighted by Gasteiger charge is -2.06. The van der Waals surface area contributed by atoms with Crippen LogP contribution in [0.4, 0.5) is 0 Å². The number of aromatic nitrogens is 3. The Morgan fingerprint density at radius 2 is 1.96 bits per heavy atom. The number of hydrogen-bond acceptors (Lipinski definition) is 7. The first-order valence-electron chi connectivity index (χ1n) is 7.08. The zero-order valence-corrected chi connectivity index (χ0v) is 14.5. The molecular formula is C15H15N3O4S2. The number of benzene rings is 1. The first-order chi connectivity index (χ1) is 11.6. The molecule has 7 nitrogen and oxygen atoms in total. The predicted molar refractivity (Wildman–Crippen MR) is 90.3 cm³/mol. The van der Waals surface area contributed by atoms with E-state index in [0.717, 1.165) is 0 Å². The van der Waals surface area contributed by atoms with Crippen molar-refractivity contribution in [1.29, 1.82) is 0 Å². The normalized spacial score (nSPS) is 11.5. The lowest BCUT2D eigenvalue weighted by Crippen LogP contribution is -2.15. The Balaban J connectivity index is 1.59. The molecule has 0 spiro atoms. The van der Waals surface area contributed by atoms with Gasteiger partial charge >= 0.3 is 10.1 Å². The Morgan fingerprint density at radius 1 is 1.17 bits per heavy atom. The molecule has 0 aliphatic heterocycles. The van der Waals surface area contributed by atoms with E-state index < -0.39 is 10.1 Å². The van der Waals surface area contributed by atoms with Crippen molar-refractivity contribution in [3.05, 3.63) is 48.7 Å². The molecule has 0 radical (unpaired) electrons. The van der Waals surface area contributed by atoms with E-state index in [1.807, 2.05) is 0 Å². The zero-order valence-electron chi connectivity index (χ0n) is 12.8. The second-order valence-corrected chi connectivity index (χ2v) is 7.60. The van der Waals surface area contributed by atoms with E-state index in [9.17, 15) is 8.42 Å². The van der Waals surface area contributed by atoms with Crippen LogP contribution in [0.1, 0.15) is 0 Å². The second kappa shape index (κ2) is 7.10. The van der Waals surface area contributed by atoms with Crippen LogP contribution >= 0.6 is 11.8 Å². The number of hydrogen-bond donors (Lipinski definition) is 0. The maximum atomic E-state index is 12.0. The summed E-state index contributed by atoms with van der Waals surface area (Å²) in [5.41, 5.74) is 0. The summed E-state index contributed by atoms with van der Waals surface area (Å²) in [5.74, 6) is 1.68. The number of rotatable bonds is 7. The maximum Gasteiger partial charge on any atom is 0.310 e. The highest BCUT2D eigenvalue weighted by atomic mass is 32.2. The number of para-hydroxylation sites is 1. The van der Waals surface area contributed by atoms with Crippen LogP contribution in [0.5, 0.6) is 5.75 Å². The molecule has 0 aliphatic carbocycles. The first-order valence-corrected chi connectivity index (χ1v) is 9.65. The van der Waals surface area contributed by atoms with Crippen LogP contribution in [0.2, 0.25) is 0 Å². The number of thioether (sulfide) groups is 1. The third-order valence-electron chi connectivity index (χ3n) is 3.11. The van der Waals surface area contributed by atoms with E-state index in [0.29, 0.717) is 28.2 Å². The van der Waals surface area contributed by atoms with E-state index in [-0.39, 0.29) is 5.75 Å². The van der Waals surface area contributed by atoms with E-state index >= 15 is 0 Å². The summed E-state index contributed by atoms with van der Waals surface area (Å²) >= 11 is 1.29. The fraction of sp³-hybridized carbons (Fsp3) is 0.200. The first kappa shape index (κ1) is 16.6. The van der Waals surface area contributed by atoms with Crippen molar-refractivity contribution in [3.63, 3.8) is 0 Å². The van der Waals surface area contributed by atoms with Crippen LogP contribution in [0.15, 0.2) is 58.3 Å². The Kier molecular flexibility index (Phi) is 4.91. The monoisotopic (exact) mass is 365 g/mol. The van der Waals surface area contributed by atoms with E-state index in [1.54, 1.807) is 60.3 Å². The molecule has 9 heteroatoms. The summed E-state index contributed by atoms with van der Waals surface area (Å²) in [6, 6.07) is 12.0. The van der Waals surface area contributed by atoms with E-state index in [4.69, 9.17) is 8.60 Å². The average molecular weight is 365 g/mol. The van der Waals surface area contributed by atoms with E-state index in [2.05, 4.69) is 10.2 Å². The standard InChI is InChI=1S/C15H15N3O4S2/c1-18-14(13-8-5-9-21-13)16-17-15(18)23-10-11-24(19,20)22-12-6-3-2-4-7-12/h2-9H,10-11H2,1H3. The summed E-state index contributed by atoms with van der Waals surface area (Å²) in [6.45, 7) is 0. The molecule has 0 amide bonds. The molecule has 3 rings (SSSR count). The van der Waals surface area contributed by atoms with Gasteiger partial charge in [-0.25, -0.2) is 0 Å². The van der Waals surface area contributed by atoms with Gasteiger partial charge in [0.2, 0.25) is 0 Å². The zero-order chi connectivity index (χ0) is 17.0. The van der Waals surface area contributed by atoms with Gasteiger partial charge in [0.15, 0.2) is 16.7 Å². The molecule has 2 heterocycles. The summed E-state index contributed by atoms with van der Waals surface area (Å²) in [6.07, 6.45) is 1.56. The van der Waals surface area contributed by atoms with Crippen LogP contribution in [-0.2, 0) is 17.2 Å². The highest BCUT2D eigenvalue weighted by molar-refractivity contribution is 8.00. The molecule has 126 valence electrons. The molecule has 1 aromatic carbocycles. The highest BCUT2D eigenvalue weighted by Crippen LogP contribution is 2.23. The van der Waals surface area contributed by atoms with Gasteiger partial charge in [0.1, 0.15) is 5.75 Å². The van der Waals surface area contributed by atoms with E-state index in [1.165, 1.54) is 11.8 Å². The molecule has 0 fully saturated rings. The highest BCUT2D eigenvalue weighted by Gasteiger charge is 2.16. The van der Waals surface area contributed by atoms with Gasteiger partial charge in [-0.15, -0.1) is 10.2 Å². The lowest BCUT2D eigenvalue weighted by molar-refractivity contribution is 0.488. The molecule has 2 aromatic heterocycles. The fourth-order valence-corrected chi connectivity index (χ4v) is 4.16. The molecule has 0 unspecified atom stereocenters. The van der Waals surface area contributed by atoms with Crippen molar-refractivity contribution in [2.45, 2.75) is 5.16 Å². The van der Waals surface area contributed by atoms with Gasteiger partial charge in [0.05, 0.1) is 12.0 Å². The van der Waals surface area contributed by atoms with Crippen molar-refractivity contribution < 1.29 is 17.0 Å². The minimum absolute atomic E-state index is 0.129. The Hall–Kier alpha value is -2.26. The lowest BCUT2D eigenvalue weighted by atomic mass is 10.3. The third kappa shape index (κ3) is 3.98. The van der Waals surface area contributed by atoms with Gasteiger partial charge in [-0.1, -0.05) is 30.0 Å². The van der Waals surface area contributed by atoms with Crippen molar-refractivity contribution >= 4 is 21.9 Å². The Bertz CT molecular complexity index is 890. The minimum atomic E-state index is -3.65. The molecule has 0 N–H and O–H groups in total. The fourth-order valence-electron chi connectivity index (χ4n) is 1.96. The average Bonchev–Trinajstić information content (AvgIpc) is 3.18.